The van der Waals surface area contributed by atoms with Gasteiger partial charge in [0, 0.05) is 25.2 Å². The van der Waals surface area contributed by atoms with Crippen LogP contribution in [0.3, 0.4) is 0 Å². The van der Waals surface area contributed by atoms with Gasteiger partial charge in [-0.15, -0.1) is 0 Å². The lowest BCUT2D eigenvalue weighted by Gasteiger charge is -2.31. The van der Waals surface area contributed by atoms with Crippen LogP contribution in [0.2, 0.25) is 0 Å². The maximum Gasteiger partial charge on any atom is 0.264 e. The molecular weight excluding hydrogens is 324 g/mol. The summed E-state index contributed by atoms with van der Waals surface area (Å²) in [5.74, 6) is -0.110. The van der Waals surface area contributed by atoms with Crippen molar-refractivity contribution in [1.82, 2.24) is 4.90 Å². The molecule has 0 N–H and O–H groups in total. The molecule has 0 aliphatic carbocycles. The molecule has 2 aromatic rings. The van der Waals surface area contributed by atoms with Crippen molar-refractivity contribution >= 4 is 21.6 Å². The van der Waals surface area contributed by atoms with Gasteiger partial charge in [0.15, 0.2) is 0 Å². The van der Waals surface area contributed by atoms with E-state index in [1.165, 1.54) is 16.4 Å². The first-order valence-corrected chi connectivity index (χ1v) is 9.45. The Kier molecular flexibility index (Phi) is 4.57. The van der Waals surface area contributed by atoms with Gasteiger partial charge < -0.3 is 4.90 Å². The van der Waals surface area contributed by atoms with Crippen molar-refractivity contribution in [2.75, 3.05) is 23.9 Å². The molecule has 0 unspecified atom stereocenters. The lowest BCUT2D eigenvalue weighted by Crippen LogP contribution is -2.42. The number of carbonyl (C=O) groups is 1. The number of hydrogen-bond donors (Lipinski definition) is 0. The molecule has 0 radical (unpaired) electrons. The molecule has 3 rings (SSSR count). The highest BCUT2D eigenvalue weighted by Gasteiger charge is 2.26. The topological polar surface area (TPSA) is 57.7 Å². The number of likely N-dealkylation sites (tertiary alicyclic amines) is 1. The van der Waals surface area contributed by atoms with E-state index in [1.54, 1.807) is 48.2 Å². The molecular formula is C18H20N2O3S. The number of hydrogen-bond acceptors (Lipinski definition) is 3. The number of carbonyl (C=O) groups excluding carboxylic acids is 1. The van der Waals surface area contributed by atoms with Crippen LogP contribution in [-0.2, 0) is 10.0 Å². The van der Waals surface area contributed by atoms with Crippen LogP contribution in [-0.4, -0.2) is 38.9 Å². The minimum atomic E-state index is -3.71. The highest BCUT2D eigenvalue weighted by Crippen LogP contribution is 2.24. The highest BCUT2D eigenvalue weighted by atomic mass is 32.2. The van der Waals surface area contributed by atoms with Crippen LogP contribution in [0, 0.1) is 0 Å². The van der Waals surface area contributed by atoms with Crippen LogP contribution in [0.1, 0.15) is 23.7 Å². The lowest BCUT2D eigenvalue weighted by atomic mass is 10.1. The summed E-state index contributed by atoms with van der Waals surface area (Å²) >= 11 is 0. The minimum absolute atomic E-state index is 0.110. The second-order valence-electron chi connectivity index (χ2n) is 5.68. The summed E-state index contributed by atoms with van der Waals surface area (Å²) in [7, 11) is -3.71. The molecule has 126 valence electrons. The van der Waals surface area contributed by atoms with Crippen LogP contribution in [0.15, 0.2) is 59.5 Å². The SMILES string of the molecule is CCN(c1ccccc1)S(=O)(=O)c1cccc(C(=O)N2CCC2)c1. The second kappa shape index (κ2) is 6.65. The van der Waals surface area contributed by atoms with Gasteiger partial charge in [0.2, 0.25) is 0 Å². The predicted molar refractivity (Wildman–Crippen MR) is 93.6 cm³/mol. The van der Waals surface area contributed by atoms with E-state index in [9.17, 15) is 13.2 Å². The van der Waals surface area contributed by atoms with Crippen LogP contribution in [0.5, 0.6) is 0 Å². The summed E-state index contributed by atoms with van der Waals surface area (Å²) in [4.78, 5) is 14.2. The molecule has 1 heterocycles. The van der Waals surface area contributed by atoms with Crippen LogP contribution in [0.25, 0.3) is 0 Å². The number of anilines is 1. The number of benzene rings is 2. The first kappa shape index (κ1) is 16.5. The van der Waals surface area contributed by atoms with Gasteiger partial charge in [0.25, 0.3) is 15.9 Å². The Morgan fingerprint density at radius 3 is 2.38 bits per heavy atom. The third-order valence-electron chi connectivity index (χ3n) is 4.14. The number of sulfonamides is 1. The van der Waals surface area contributed by atoms with Crippen molar-refractivity contribution in [3.8, 4) is 0 Å². The van der Waals surface area contributed by atoms with Crippen molar-refractivity contribution in [2.24, 2.45) is 0 Å². The monoisotopic (exact) mass is 344 g/mol. The molecule has 24 heavy (non-hydrogen) atoms. The average molecular weight is 344 g/mol. The molecule has 0 atom stereocenters. The molecule has 1 fully saturated rings. The summed E-state index contributed by atoms with van der Waals surface area (Å²) in [5.41, 5.74) is 1.03. The van der Waals surface area contributed by atoms with Crippen molar-refractivity contribution in [1.29, 1.82) is 0 Å². The Morgan fingerprint density at radius 1 is 1.08 bits per heavy atom. The van der Waals surface area contributed by atoms with E-state index >= 15 is 0 Å². The molecule has 0 spiro atoms. The van der Waals surface area contributed by atoms with E-state index in [0.29, 0.717) is 17.8 Å². The number of amides is 1. The molecule has 2 aromatic carbocycles. The third-order valence-corrected chi connectivity index (χ3v) is 6.04. The summed E-state index contributed by atoms with van der Waals surface area (Å²) in [6, 6.07) is 15.3. The molecule has 0 aromatic heterocycles. The minimum Gasteiger partial charge on any atom is -0.339 e. The van der Waals surface area contributed by atoms with Crippen molar-refractivity contribution in [3.05, 3.63) is 60.2 Å². The Hall–Kier alpha value is -2.34. The maximum atomic E-state index is 13.0. The van der Waals surface area contributed by atoms with Gasteiger partial charge in [-0.3, -0.25) is 9.10 Å². The molecule has 1 amide bonds. The molecule has 0 saturated carbocycles. The summed E-state index contributed by atoms with van der Waals surface area (Å²) in [6.45, 7) is 3.58. The fourth-order valence-electron chi connectivity index (χ4n) is 2.70. The maximum absolute atomic E-state index is 13.0. The molecule has 1 aliphatic rings. The largest absolute Gasteiger partial charge is 0.339 e. The smallest absolute Gasteiger partial charge is 0.264 e. The summed E-state index contributed by atoms with van der Waals surface area (Å²) in [6.07, 6.45) is 1.00. The first-order valence-electron chi connectivity index (χ1n) is 8.01. The molecule has 6 heteroatoms. The van der Waals surface area contributed by atoms with Gasteiger partial charge in [-0.2, -0.15) is 0 Å². The van der Waals surface area contributed by atoms with E-state index < -0.39 is 10.0 Å². The Bertz CT molecular complexity index is 830. The van der Waals surface area contributed by atoms with Crippen molar-refractivity contribution in [2.45, 2.75) is 18.2 Å². The quantitative estimate of drug-likeness (QED) is 0.838. The summed E-state index contributed by atoms with van der Waals surface area (Å²) < 4.78 is 27.3. The van der Waals surface area contributed by atoms with Crippen LogP contribution >= 0.6 is 0 Å². The number of para-hydroxylation sites is 1. The fraction of sp³-hybridized carbons (Fsp3) is 0.278. The molecule has 1 aliphatic heterocycles. The van der Waals surface area contributed by atoms with Crippen molar-refractivity contribution < 1.29 is 13.2 Å². The van der Waals surface area contributed by atoms with E-state index in [0.717, 1.165) is 19.5 Å². The van der Waals surface area contributed by atoms with Gasteiger partial charge in [-0.1, -0.05) is 24.3 Å². The fourth-order valence-corrected chi connectivity index (χ4v) is 4.22. The van der Waals surface area contributed by atoms with E-state index in [4.69, 9.17) is 0 Å². The molecule has 0 bridgehead atoms. The van der Waals surface area contributed by atoms with Crippen LogP contribution < -0.4 is 4.31 Å². The Balaban J connectivity index is 1.95. The van der Waals surface area contributed by atoms with E-state index in [1.807, 2.05) is 6.07 Å². The highest BCUT2D eigenvalue weighted by molar-refractivity contribution is 7.92. The second-order valence-corrected chi connectivity index (χ2v) is 7.54. The predicted octanol–water partition coefficient (Wildman–Crippen LogP) is 2.75. The van der Waals surface area contributed by atoms with Gasteiger partial charge in [0.1, 0.15) is 0 Å². The average Bonchev–Trinajstić information content (AvgIpc) is 2.55. The molecule has 1 saturated heterocycles. The first-order chi connectivity index (χ1) is 11.5. The normalized spacial score (nSPS) is 14.1. The Morgan fingerprint density at radius 2 is 1.79 bits per heavy atom. The summed E-state index contributed by atoms with van der Waals surface area (Å²) in [5, 5.41) is 0. The number of rotatable bonds is 5. The lowest BCUT2D eigenvalue weighted by molar-refractivity contribution is 0.0651. The van der Waals surface area contributed by atoms with Gasteiger partial charge in [-0.05, 0) is 43.7 Å². The third kappa shape index (κ3) is 3.01. The molecule has 5 nitrogen and oxygen atoms in total. The number of nitrogens with zero attached hydrogens (tertiary/aromatic N) is 2. The van der Waals surface area contributed by atoms with E-state index in [-0.39, 0.29) is 10.8 Å². The van der Waals surface area contributed by atoms with Gasteiger partial charge in [0.05, 0.1) is 10.6 Å². The Labute approximate surface area is 142 Å². The van der Waals surface area contributed by atoms with Crippen molar-refractivity contribution in [3.63, 3.8) is 0 Å². The van der Waals surface area contributed by atoms with Crippen LogP contribution in [0.4, 0.5) is 5.69 Å². The zero-order valence-electron chi connectivity index (χ0n) is 13.6. The zero-order chi connectivity index (χ0) is 17.2. The van der Waals surface area contributed by atoms with E-state index in [2.05, 4.69) is 0 Å². The van der Waals surface area contributed by atoms with Gasteiger partial charge >= 0.3 is 0 Å². The van der Waals surface area contributed by atoms with Gasteiger partial charge in [-0.25, -0.2) is 8.42 Å². The standard InChI is InChI=1S/C18H20N2O3S/c1-2-20(16-9-4-3-5-10-16)24(22,23)17-11-6-8-15(14-17)18(21)19-12-7-13-19/h3-6,8-11,14H,2,7,12-13H2,1H3. The zero-order valence-corrected chi connectivity index (χ0v) is 14.4.